The molecule has 0 radical (unpaired) electrons. The van der Waals surface area contributed by atoms with Crippen LogP contribution in [-0.4, -0.2) is 51.8 Å². The van der Waals surface area contributed by atoms with Gasteiger partial charge in [-0.2, -0.15) is 10.4 Å². The second-order valence-corrected chi connectivity index (χ2v) is 8.99. The number of nitrogens with one attached hydrogen (secondary N) is 1. The number of benzene rings is 1. The first-order chi connectivity index (χ1) is 16.0. The molecule has 1 N–H and O–H groups in total. The zero-order chi connectivity index (χ0) is 23.2. The number of nitrogens with zero attached hydrogens (tertiary/aromatic N) is 6. The molecule has 1 aliphatic carbocycles. The summed E-state index contributed by atoms with van der Waals surface area (Å²) in [7, 11) is 0. The van der Waals surface area contributed by atoms with Crippen molar-refractivity contribution in [3.63, 3.8) is 0 Å². The maximum Gasteiger partial charge on any atom is 0.317 e. The van der Waals surface area contributed by atoms with E-state index in [0.717, 1.165) is 45.2 Å². The Hall–Kier alpha value is -3.28. The lowest BCUT2D eigenvalue weighted by Crippen LogP contribution is -2.42. The van der Waals surface area contributed by atoms with Gasteiger partial charge in [0.15, 0.2) is 0 Å². The predicted octanol–water partition coefficient (Wildman–Crippen LogP) is 3.56. The van der Waals surface area contributed by atoms with Gasteiger partial charge < -0.3 is 15.1 Å². The molecule has 9 heteroatoms. The van der Waals surface area contributed by atoms with Crippen LogP contribution in [0.25, 0.3) is 0 Å². The van der Waals surface area contributed by atoms with E-state index in [-0.39, 0.29) is 18.6 Å². The summed E-state index contributed by atoms with van der Waals surface area (Å²) in [6.45, 7) is 4.45. The molecule has 174 valence electrons. The second-order valence-electron chi connectivity index (χ2n) is 8.99. The van der Waals surface area contributed by atoms with E-state index in [9.17, 15) is 9.18 Å². The van der Waals surface area contributed by atoms with E-state index in [1.165, 1.54) is 12.5 Å². The van der Waals surface area contributed by atoms with Gasteiger partial charge in [-0.15, -0.1) is 5.10 Å². The summed E-state index contributed by atoms with van der Waals surface area (Å²) in [5.74, 6) is 0.767. The third-order valence-electron chi connectivity index (χ3n) is 6.48. The predicted molar refractivity (Wildman–Crippen MR) is 122 cm³/mol. The molecule has 1 aliphatic heterocycles. The van der Waals surface area contributed by atoms with Gasteiger partial charge in [-0.25, -0.2) is 14.2 Å². The van der Waals surface area contributed by atoms with Crippen molar-refractivity contribution in [3.8, 4) is 6.07 Å². The maximum absolute atomic E-state index is 14.3. The number of piperidine rings is 1. The number of halogens is 1. The molecule has 33 heavy (non-hydrogen) atoms. The van der Waals surface area contributed by atoms with Crippen molar-refractivity contribution in [2.75, 3.05) is 24.5 Å². The van der Waals surface area contributed by atoms with Crippen molar-refractivity contribution in [2.24, 2.45) is 5.92 Å². The first-order valence-electron chi connectivity index (χ1n) is 11.7. The van der Waals surface area contributed by atoms with E-state index in [0.29, 0.717) is 35.1 Å². The van der Waals surface area contributed by atoms with Crippen LogP contribution in [0.3, 0.4) is 0 Å². The van der Waals surface area contributed by atoms with Crippen LogP contribution >= 0.6 is 0 Å². The molecule has 1 aromatic carbocycles. The van der Waals surface area contributed by atoms with Crippen LogP contribution in [0, 0.1) is 30.0 Å². The minimum atomic E-state index is -0.463. The number of nitriles is 1. The first kappa shape index (κ1) is 22.9. The molecular formula is C24H30FN7O. The quantitative estimate of drug-likeness (QED) is 0.659. The van der Waals surface area contributed by atoms with Crippen LogP contribution in [-0.2, 0) is 6.54 Å². The Balaban J connectivity index is 1.26. The van der Waals surface area contributed by atoms with Crippen LogP contribution < -0.4 is 10.2 Å². The standard InChI is InChI=1S/C24H30FN7O/c1-17-12-20(22(25)13-19(17)14-26)15-28-24(33)32(21-6-7-21)11-3-5-18-4-2-10-31(16-18)23-27-8-9-29-30-23/h8-9,12-13,18,21H,2-7,10-11,15-16H2,1H3,(H,28,33)/t18-/m0/s1. The number of hydrogen-bond acceptors (Lipinski definition) is 6. The molecule has 2 aromatic rings. The van der Waals surface area contributed by atoms with Crippen LogP contribution in [0.2, 0.25) is 0 Å². The van der Waals surface area contributed by atoms with E-state index in [4.69, 9.17) is 5.26 Å². The van der Waals surface area contributed by atoms with Crippen LogP contribution in [0.4, 0.5) is 15.1 Å². The van der Waals surface area contributed by atoms with E-state index in [1.807, 2.05) is 11.0 Å². The fraction of sp³-hybridized carbons (Fsp3) is 0.542. The van der Waals surface area contributed by atoms with Crippen molar-refractivity contribution >= 4 is 12.0 Å². The molecule has 2 aliphatic rings. The third-order valence-corrected chi connectivity index (χ3v) is 6.48. The van der Waals surface area contributed by atoms with Crippen molar-refractivity contribution in [3.05, 3.63) is 47.0 Å². The number of urea groups is 1. The summed E-state index contributed by atoms with van der Waals surface area (Å²) >= 11 is 0. The topological polar surface area (TPSA) is 98.0 Å². The number of aryl methyl sites for hydroxylation is 1. The number of carbonyl (C=O) groups is 1. The molecule has 1 saturated heterocycles. The van der Waals surface area contributed by atoms with E-state index in [1.54, 1.807) is 25.4 Å². The van der Waals surface area contributed by atoms with Crippen molar-refractivity contribution in [1.29, 1.82) is 5.26 Å². The summed E-state index contributed by atoms with van der Waals surface area (Å²) in [6, 6.07) is 4.99. The molecule has 1 atom stereocenters. The van der Waals surface area contributed by atoms with Crippen molar-refractivity contribution < 1.29 is 9.18 Å². The monoisotopic (exact) mass is 451 g/mol. The van der Waals surface area contributed by atoms with Crippen LogP contribution in [0.5, 0.6) is 0 Å². The Bertz CT molecular complexity index is 1010. The van der Waals surface area contributed by atoms with Crippen LogP contribution in [0.15, 0.2) is 24.5 Å². The zero-order valence-electron chi connectivity index (χ0n) is 19.0. The molecule has 1 aromatic heterocycles. The lowest BCUT2D eigenvalue weighted by molar-refractivity contribution is 0.191. The molecule has 1 saturated carbocycles. The number of carbonyl (C=O) groups excluding carboxylic acids is 1. The molecule has 0 spiro atoms. The summed E-state index contributed by atoms with van der Waals surface area (Å²) < 4.78 is 14.3. The molecular weight excluding hydrogens is 421 g/mol. The highest BCUT2D eigenvalue weighted by molar-refractivity contribution is 5.75. The Morgan fingerprint density at radius 3 is 2.91 bits per heavy atom. The molecule has 4 rings (SSSR count). The number of rotatable bonds is 8. The summed E-state index contributed by atoms with van der Waals surface area (Å²) in [6.07, 6.45) is 9.54. The van der Waals surface area contributed by atoms with Gasteiger partial charge in [0.2, 0.25) is 5.95 Å². The number of aromatic nitrogens is 3. The Labute approximate surface area is 193 Å². The van der Waals surface area contributed by atoms with Gasteiger partial charge >= 0.3 is 6.03 Å². The van der Waals surface area contributed by atoms with Crippen molar-refractivity contribution in [2.45, 2.75) is 58.0 Å². The number of anilines is 1. The summed E-state index contributed by atoms with van der Waals surface area (Å²) in [5, 5.41) is 20.0. The van der Waals surface area contributed by atoms with Crippen molar-refractivity contribution in [1.82, 2.24) is 25.4 Å². The largest absolute Gasteiger partial charge is 0.339 e. The minimum absolute atomic E-state index is 0.114. The van der Waals surface area contributed by atoms with Gasteiger partial charge in [0.05, 0.1) is 24.0 Å². The van der Waals surface area contributed by atoms with Gasteiger partial charge in [0, 0.05) is 37.8 Å². The van der Waals surface area contributed by atoms with Gasteiger partial charge in [0.1, 0.15) is 5.82 Å². The Kier molecular flexibility index (Phi) is 7.33. The van der Waals surface area contributed by atoms with E-state index >= 15 is 0 Å². The second kappa shape index (κ2) is 10.6. The SMILES string of the molecule is Cc1cc(CNC(=O)N(CCC[C@@H]2CCCN(c3nccnn3)C2)C2CC2)c(F)cc1C#N. The zero-order valence-corrected chi connectivity index (χ0v) is 19.0. The molecule has 2 fully saturated rings. The van der Waals surface area contributed by atoms with E-state index in [2.05, 4.69) is 25.4 Å². The summed E-state index contributed by atoms with van der Waals surface area (Å²) in [4.78, 5) is 21.3. The minimum Gasteiger partial charge on any atom is -0.339 e. The van der Waals surface area contributed by atoms with Gasteiger partial charge in [-0.1, -0.05) is 6.07 Å². The van der Waals surface area contributed by atoms with Gasteiger partial charge in [-0.3, -0.25) is 0 Å². The molecule has 0 unspecified atom stereocenters. The summed E-state index contributed by atoms with van der Waals surface area (Å²) in [5.41, 5.74) is 1.43. The average Bonchev–Trinajstić information content (AvgIpc) is 3.68. The highest BCUT2D eigenvalue weighted by Crippen LogP contribution is 2.29. The smallest absolute Gasteiger partial charge is 0.317 e. The van der Waals surface area contributed by atoms with Gasteiger partial charge in [-0.05, 0) is 63.0 Å². The first-order valence-corrected chi connectivity index (χ1v) is 11.7. The Morgan fingerprint density at radius 1 is 1.33 bits per heavy atom. The Morgan fingerprint density at radius 2 is 2.18 bits per heavy atom. The highest BCUT2D eigenvalue weighted by atomic mass is 19.1. The number of hydrogen-bond donors (Lipinski definition) is 1. The lowest BCUT2D eigenvalue weighted by atomic mass is 9.93. The van der Waals surface area contributed by atoms with Crippen LogP contribution in [0.1, 0.15) is 55.2 Å². The average molecular weight is 452 g/mol. The lowest BCUT2D eigenvalue weighted by Gasteiger charge is -2.33. The molecule has 2 amide bonds. The normalized spacial score (nSPS) is 18.0. The third kappa shape index (κ3) is 5.95. The number of amides is 2. The van der Waals surface area contributed by atoms with Gasteiger partial charge in [0.25, 0.3) is 0 Å². The fourth-order valence-corrected chi connectivity index (χ4v) is 4.52. The molecule has 2 heterocycles. The molecule has 0 bridgehead atoms. The maximum atomic E-state index is 14.3. The fourth-order valence-electron chi connectivity index (χ4n) is 4.52. The molecule has 8 nitrogen and oxygen atoms in total. The van der Waals surface area contributed by atoms with E-state index < -0.39 is 5.82 Å². The highest BCUT2D eigenvalue weighted by Gasteiger charge is 2.32.